The molecule has 0 aromatic carbocycles. The zero-order valence-electron chi connectivity index (χ0n) is 11.6. The van der Waals surface area contributed by atoms with Crippen LogP contribution in [0.5, 0.6) is 0 Å². The van der Waals surface area contributed by atoms with Gasteiger partial charge in [0, 0.05) is 12.2 Å². The van der Waals surface area contributed by atoms with Gasteiger partial charge in [-0.25, -0.2) is 9.97 Å². The SMILES string of the molecule is CCCCC(CC(C)CC)Nc1ccnc(Cl)n1. The van der Waals surface area contributed by atoms with Crippen LogP contribution in [-0.4, -0.2) is 16.0 Å². The molecule has 0 aliphatic rings. The lowest BCUT2D eigenvalue weighted by atomic mass is 9.96. The third-order valence-corrected chi connectivity index (χ3v) is 3.45. The molecule has 4 heteroatoms. The molecule has 0 radical (unpaired) electrons. The van der Waals surface area contributed by atoms with Crippen LogP contribution in [0.15, 0.2) is 12.3 Å². The van der Waals surface area contributed by atoms with Gasteiger partial charge in [-0.2, -0.15) is 0 Å². The van der Waals surface area contributed by atoms with E-state index in [1.165, 1.54) is 32.1 Å². The van der Waals surface area contributed by atoms with Gasteiger partial charge in [-0.05, 0) is 36.4 Å². The van der Waals surface area contributed by atoms with Gasteiger partial charge in [0.15, 0.2) is 0 Å². The molecule has 0 spiro atoms. The van der Waals surface area contributed by atoms with Crippen molar-refractivity contribution < 1.29 is 0 Å². The molecule has 1 heterocycles. The van der Waals surface area contributed by atoms with E-state index in [0.717, 1.165) is 11.7 Å². The number of rotatable bonds is 8. The van der Waals surface area contributed by atoms with Crippen molar-refractivity contribution in [2.45, 2.75) is 58.9 Å². The van der Waals surface area contributed by atoms with Gasteiger partial charge in [0.1, 0.15) is 5.82 Å². The van der Waals surface area contributed by atoms with Crippen molar-refractivity contribution in [2.24, 2.45) is 5.92 Å². The van der Waals surface area contributed by atoms with Gasteiger partial charge in [0.25, 0.3) is 0 Å². The molecule has 1 N–H and O–H groups in total. The van der Waals surface area contributed by atoms with E-state index in [-0.39, 0.29) is 0 Å². The van der Waals surface area contributed by atoms with E-state index < -0.39 is 0 Å². The van der Waals surface area contributed by atoms with E-state index in [4.69, 9.17) is 11.6 Å². The first kappa shape index (κ1) is 15.2. The standard InChI is InChI=1S/C14H24ClN3/c1-4-6-7-12(10-11(3)5-2)17-13-8-9-16-14(15)18-13/h8-9,11-12H,4-7,10H2,1-3H3,(H,16,17,18). The van der Waals surface area contributed by atoms with E-state index in [2.05, 4.69) is 36.1 Å². The lowest BCUT2D eigenvalue weighted by Gasteiger charge is -2.22. The average molecular weight is 270 g/mol. The van der Waals surface area contributed by atoms with Crippen LogP contribution in [0.4, 0.5) is 5.82 Å². The number of nitrogens with one attached hydrogen (secondary N) is 1. The van der Waals surface area contributed by atoms with Crippen LogP contribution in [0.1, 0.15) is 52.9 Å². The summed E-state index contributed by atoms with van der Waals surface area (Å²) in [5.41, 5.74) is 0. The van der Waals surface area contributed by atoms with Gasteiger partial charge in [-0.3, -0.25) is 0 Å². The molecular formula is C14H24ClN3. The van der Waals surface area contributed by atoms with Gasteiger partial charge in [0.05, 0.1) is 0 Å². The maximum absolute atomic E-state index is 5.80. The monoisotopic (exact) mass is 269 g/mol. The van der Waals surface area contributed by atoms with Crippen molar-refractivity contribution >= 4 is 17.4 Å². The van der Waals surface area contributed by atoms with Crippen LogP contribution >= 0.6 is 11.6 Å². The first-order chi connectivity index (χ1) is 8.65. The Bertz CT molecular complexity index is 344. The molecule has 0 fully saturated rings. The molecule has 0 aliphatic carbocycles. The molecule has 2 unspecified atom stereocenters. The summed E-state index contributed by atoms with van der Waals surface area (Å²) in [6, 6.07) is 2.35. The van der Waals surface area contributed by atoms with Gasteiger partial charge in [-0.1, -0.05) is 40.0 Å². The summed E-state index contributed by atoms with van der Waals surface area (Å²) in [5, 5.41) is 3.79. The lowest BCUT2D eigenvalue weighted by Crippen LogP contribution is -2.22. The largest absolute Gasteiger partial charge is 0.367 e. The summed E-state index contributed by atoms with van der Waals surface area (Å²) in [6.07, 6.45) is 7.74. The van der Waals surface area contributed by atoms with Crippen molar-refractivity contribution in [3.63, 3.8) is 0 Å². The second kappa shape index (κ2) is 8.30. The van der Waals surface area contributed by atoms with Gasteiger partial charge in [-0.15, -0.1) is 0 Å². The molecule has 2 atom stereocenters. The van der Waals surface area contributed by atoms with E-state index >= 15 is 0 Å². The summed E-state index contributed by atoms with van der Waals surface area (Å²) in [4.78, 5) is 8.10. The number of nitrogens with zero attached hydrogens (tertiary/aromatic N) is 2. The predicted molar refractivity (Wildman–Crippen MR) is 78.0 cm³/mol. The minimum Gasteiger partial charge on any atom is -0.367 e. The van der Waals surface area contributed by atoms with Crippen LogP contribution in [0, 0.1) is 5.92 Å². The molecule has 0 aliphatic heterocycles. The van der Waals surface area contributed by atoms with E-state index in [1.807, 2.05) is 6.07 Å². The Morgan fingerprint density at radius 2 is 2.17 bits per heavy atom. The Morgan fingerprint density at radius 1 is 1.39 bits per heavy atom. The third kappa shape index (κ3) is 5.67. The number of hydrogen-bond donors (Lipinski definition) is 1. The maximum Gasteiger partial charge on any atom is 0.224 e. The number of aromatic nitrogens is 2. The Hall–Kier alpha value is -0.830. The molecule has 1 aromatic heterocycles. The summed E-state index contributed by atoms with van der Waals surface area (Å²) < 4.78 is 0. The van der Waals surface area contributed by atoms with Crippen molar-refractivity contribution in [3.05, 3.63) is 17.5 Å². The molecule has 0 bridgehead atoms. The molecule has 0 saturated heterocycles. The zero-order valence-corrected chi connectivity index (χ0v) is 12.4. The quantitative estimate of drug-likeness (QED) is 0.704. The zero-order chi connectivity index (χ0) is 13.4. The highest BCUT2D eigenvalue weighted by molar-refractivity contribution is 6.28. The lowest BCUT2D eigenvalue weighted by molar-refractivity contribution is 0.444. The van der Waals surface area contributed by atoms with Crippen molar-refractivity contribution in [3.8, 4) is 0 Å². The van der Waals surface area contributed by atoms with E-state index in [9.17, 15) is 0 Å². The van der Waals surface area contributed by atoms with Crippen LogP contribution in [0.25, 0.3) is 0 Å². The van der Waals surface area contributed by atoms with Crippen LogP contribution < -0.4 is 5.32 Å². The summed E-state index contributed by atoms with van der Waals surface area (Å²) in [6.45, 7) is 6.76. The first-order valence-electron chi connectivity index (χ1n) is 6.90. The molecular weight excluding hydrogens is 246 g/mol. The highest BCUT2D eigenvalue weighted by Crippen LogP contribution is 2.18. The van der Waals surface area contributed by atoms with Crippen molar-refractivity contribution in [1.29, 1.82) is 0 Å². The fourth-order valence-corrected chi connectivity index (χ4v) is 2.12. The topological polar surface area (TPSA) is 37.8 Å². The second-order valence-electron chi connectivity index (χ2n) is 4.94. The Labute approximate surface area is 115 Å². The Kier molecular flexibility index (Phi) is 7.02. The molecule has 1 rings (SSSR count). The van der Waals surface area contributed by atoms with Crippen molar-refractivity contribution in [2.75, 3.05) is 5.32 Å². The Balaban J connectivity index is 2.59. The highest BCUT2D eigenvalue weighted by Gasteiger charge is 2.12. The molecule has 0 saturated carbocycles. The molecule has 3 nitrogen and oxygen atoms in total. The average Bonchev–Trinajstić information content (AvgIpc) is 2.35. The normalized spacial score (nSPS) is 14.2. The van der Waals surface area contributed by atoms with Crippen LogP contribution in [-0.2, 0) is 0 Å². The summed E-state index contributed by atoms with van der Waals surface area (Å²) in [5.74, 6) is 1.57. The van der Waals surface area contributed by atoms with Gasteiger partial charge < -0.3 is 5.32 Å². The van der Waals surface area contributed by atoms with Crippen LogP contribution in [0.3, 0.4) is 0 Å². The third-order valence-electron chi connectivity index (χ3n) is 3.27. The second-order valence-corrected chi connectivity index (χ2v) is 5.28. The number of hydrogen-bond acceptors (Lipinski definition) is 3. The van der Waals surface area contributed by atoms with Gasteiger partial charge in [0.2, 0.25) is 5.28 Å². The fraction of sp³-hybridized carbons (Fsp3) is 0.714. The molecule has 18 heavy (non-hydrogen) atoms. The maximum atomic E-state index is 5.80. The van der Waals surface area contributed by atoms with Crippen LogP contribution in [0.2, 0.25) is 5.28 Å². The fourth-order valence-electron chi connectivity index (χ4n) is 1.98. The number of anilines is 1. The predicted octanol–water partition coefficient (Wildman–Crippen LogP) is 4.54. The Morgan fingerprint density at radius 3 is 2.78 bits per heavy atom. The summed E-state index contributed by atoms with van der Waals surface area (Å²) in [7, 11) is 0. The number of halogens is 1. The van der Waals surface area contributed by atoms with E-state index in [0.29, 0.717) is 11.3 Å². The highest BCUT2D eigenvalue weighted by atomic mass is 35.5. The molecule has 0 amide bonds. The number of unbranched alkanes of at least 4 members (excludes halogenated alkanes) is 1. The van der Waals surface area contributed by atoms with E-state index in [1.54, 1.807) is 6.20 Å². The molecule has 1 aromatic rings. The first-order valence-corrected chi connectivity index (χ1v) is 7.28. The smallest absolute Gasteiger partial charge is 0.224 e. The minimum atomic E-state index is 0.304. The summed E-state index contributed by atoms with van der Waals surface area (Å²) >= 11 is 5.80. The van der Waals surface area contributed by atoms with Gasteiger partial charge >= 0.3 is 0 Å². The van der Waals surface area contributed by atoms with Crippen molar-refractivity contribution in [1.82, 2.24) is 9.97 Å². The molecule has 102 valence electrons. The minimum absolute atomic E-state index is 0.304.